The number of nitrogens with zero attached hydrogens (tertiary/aromatic N) is 2. The third kappa shape index (κ3) is 5.24. The molecule has 162 valence electrons. The molecule has 1 heterocycles. The molecule has 1 aromatic heterocycles. The predicted octanol–water partition coefficient (Wildman–Crippen LogP) is 3.96. The summed E-state index contributed by atoms with van der Waals surface area (Å²) in [4.78, 5) is 24.3. The molecular weight excluding hydrogens is 417 g/mol. The van der Waals surface area contributed by atoms with E-state index >= 15 is 0 Å². The van der Waals surface area contributed by atoms with E-state index in [1.54, 1.807) is 0 Å². The van der Waals surface area contributed by atoms with E-state index in [-0.39, 0.29) is 28.4 Å². The largest absolute Gasteiger partial charge is 0.465 e. The first-order valence-electron chi connectivity index (χ1n) is 8.70. The molecule has 1 aromatic carbocycles. The Bertz CT molecular complexity index is 954. The Kier molecular flexibility index (Phi) is 5.94. The number of halogens is 5. The maximum atomic E-state index is 12.7. The van der Waals surface area contributed by atoms with Gasteiger partial charge in [0, 0.05) is 23.9 Å². The average Bonchev–Trinajstić information content (AvgIpc) is 3.40. The van der Waals surface area contributed by atoms with Crippen LogP contribution < -0.4 is 10.1 Å². The Hall–Kier alpha value is -3.18. The molecule has 1 fully saturated rings. The lowest BCUT2D eigenvalue weighted by atomic mass is 10.1. The molecule has 1 aliphatic carbocycles. The number of rotatable bonds is 7. The summed E-state index contributed by atoms with van der Waals surface area (Å²) in [5.74, 6) is -2.32. The molecule has 30 heavy (non-hydrogen) atoms. The minimum absolute atomic E-state index is 0.00591. The third-order valence-corrected chi connectivity index (χ3v) is 4.20. The molecule has 0 bridgehead atoms. The lowest BCUT2D eigenvalue weighted by Gasteiger charge is -2.12. The van der Waals surface area contributed by atoms with Crippen molar-refractivity contribution in [3.05, 3.63) is 41.2 Å². The van der Waals surface area contributed by atoms with Gasteiger partial charge in [-0.15, -0.1) is 0 Å². The first kappa shape index (κ1) is 21.5. The quantitative estimate of drug-likeness (QED) is 0.528. The number of anilines is 1. The fourth-order valence-corrected chi connectivity index (χ4v) is 2.80. The molecular formula is C18H16F5N3O4. The van der Waals surface area contributed by atoms with Gasteiger partial charge in [0.25, 0.3) is 5.91 Å². The standard InChI is InChI=1S/C18H16F5N3O4/c1-29-16(28)11-5-4-10(6-13(11)30-17(19)20)24-15(27)12-7-26(8-18(21,22)23)25-14(12)9-2-3-9/h4-7,9,17H,2-3,8H2,1H3,(H,24,27). The molecule has 0 radical (unpaired) electrons. The van der Waals surface area contributed by atoms with Gasteiger partial charge in [0.1, 0.15) is 17.9 Å². The molecule has 1 amide bonds. The van der Waals surface area contributed by atoms with E-state index in [1.165, 1.54) is 6.07 Å². The molecule has 3 rings (SSSR count). The van der Waals surface area contributed by atoms with Crippen molar-refractivity contribution in [2.45, 2.75) is 38.1 Å². The first-order chi connectivity index (χ1) is 14.1. The van der Waals surface area contributed by atoms with Crippen LogP contribution in [0.4, 0.5) is 27.6 Å². The van der Waals surface area contributed by atoms with Gasteiger partial charge in [-0.2, -0.15) is 27.1 Å². The summed E-state index contributed by atoms with van der Waals surface area (Å²) in [5, 5.41) is 6.28. The van der Waals surface area contributed by atoms with E-state index in [4.69, 9.17) is 0 Å². The normalized spacial score (nSPS) is 14.0. The van der Waals surface area contributed by atoms with E-state index < -0.39 is 37.0 Å². The van der Waals surface area contributed by atoms with E-state index in [0.717, 1.165) is 25.4 Å². The lowest BCUT2D eigenvalue weighted by molar-refractivity contribution is -0.142. The number of nitrogens with one attached hydrogen (secondary N) is 1. The summed E-state index contributed by atoms with van der Waals surface area (Å²) in [6, 6.07) is 3.36. The van der Waals surface area contributed by atoms with Crippen LogP contribution in [0.15, 0.2) is 24.4 Å². The van der Waals surface area contributed by atoms with Crippen LogP contribution in [-0.2, 0) is 11.3 Å². The molecule has 12 heteroatoms. The Morgan fingerprint density at radius 2 is 1.97 bits per heavy atom. The number of aromatic nitrogens is 2. The van der Waals surface area contributed by atoms with Crippen molar-refractivity contribution in [3.8, 4) is 5.75 Å². The highest BCUT2D eigenvalue weighted by molar-refractivity contribution is 6.05. The summed E-state index contributed by atoms with van der Waals surface area (Å²) in [6.45, 7) is -4.58. The Balaban J connectivity index is 1.86. The zero-order valence-corrected chi connectivity index (χ0v) is 15.5. The van der Waals surface area contributed by atoms with E-state index in [2.05, 4.69) is 19.9 Å². The number of methoxy groups -OCH3 is 1. The average molecular weight is 433 g/mol. The summed E-state index contributed by atoms with van der Waals surface area (Å²) in [7, 11) is 1.06. The van der Waals surface area contributed by atoms with Crippen LogP contribution in [0.1, 0.15) is 45.2 Å². The van der Waals surface area contributed by atoms with Gasteiger partial charge in [0.2, 0.25) is 0 Å². The SMILES string of the molecule is COC(=O)c1ccc(NC(=O)c2cn(CC(F)(F)F)nc2C2CC2)cc1OC(F)F. The van der Waals surface area contributed by atoms with E-state index in [0.29, 0.717) is 17.5 Å². The summed E-state index contributed by atoms with van der Waals surface area (Å²) in [6.07, 6.45) is -2.12. The van der Waals surface area contributed by atoms with Crippen LogP contribution >= 0.6 is 0 Å². The summed E-state index contributed by atoms with van der Waals surface area (Å²) >= 11 is 0. The second-order valence-electron chi connectivity index (χ2n) is 6.55. The fourth-order valence-electron chi connectivity index (χ4n) is 2.80. The summed E-state index contributed by atoms with van der Waals surface area (Å²) in [5.41, 5.74) is -0.0943. The second-order valence-corrected chi connectivity index (χ2v) is 6.55. The number of carbonyl (C=O) groups is 2. The smallest absolute Gasteiger partial charge is 0.408 e. The molecule has 2 aromatic rings. The molecule has 0 aliphatic heterocycles. The van der Waals surface area contributed by atoms with Crippen molar-refractivity contribution in [1.82, 2.24) is 9.78 Å². The van der Waals surface area contributed by atoms with Gasteiger partial charge in [-0.25, -0.2) is 4.79 Å². The highest BCUT2D eigenvalue weighted by atomic mass is 19.4. The zero-order valence-electron chi connectivity index (χ0n) is 15.5. The number of amides is 1. The van der Waals surface area contributed by atoms with Crippen molar-refractivity contribution >= 4 is 17.6 Å². The Labute approximate surface area is 166 Å². The van der Waals surface area contributed by atoms with Gasteiger partial charge in [-0.3, -0.25) is 9.48 Å². The van der Waals surface area contributed by atoms with Crippen molar-refractivity contribution < 1.29 is 41.0 Å². The van der Waals surface area contributed by atoms with Crippen molar-refractivity contribution in [2.24, 2.45) is 0 Å². The molecule has 7 nitrogen and oxygen atoms in total. The number of ether oxygens (including phenoxy) is 2. The minimum Gasteiger partial charge on any atom is -0.465 e. The highest BCUT2D eigenvalue weighted by Crippen LogP contribution is 2.41. The van der Waals surface area contributed by atoms with Crippen LogP contribution in [0.5, 0.6) is 5.75 Å². The number of hydrogen-bond acceptors (Lipinski definition) is 5. The van der Waals surface area contributed by atoms with Gasteiger partial charge >= 0.3 is 18.8 Å². The maximum absolute atomic E-state index is 12.7. The topological polar surface area (TPSA) is 82.5 Å². The van der Waals surface area contributed by atoms with Gasteiger partial charge in [0.05, 0.1) is 18.4 Å². The van der Waals surface area contributed by atoms with Gasteiger partial charge in [-0.1, -0.05) is 0 Å². The molecule has 0 unspecified atom stereocenters. The monoisotopic (exact) mass is 433 g/mol. The maximum Gasteiger partial charge on any atom is 0.408 e. The number of hydrogen-bond donors (Lipinski definition) is 1. The van der Waals surface area contributed by atoms with Crippen LogP contribution in [-0.4, -0.2) is 41.6 Å². The molecule has 0 spiro atoms. The van der Waals surface area contributed by atoms with Crippen molar-refractivity contribution in [1.29, 1.82) is 0 Å². The Morgan fingerprint density at radius 1 is 1.27 bits per heavy atom. The van der Waals surface area contributed by atoms with Crippen LogP contribution in [0.2, 0.25) is 0 Å². The number of carbonyl (C=O) groups excluding carboxylic acids is 2. The van der Waals surface area contributed by atoms with Crippen LogP contribution in [0, 0.1) is 0 Å². The highest BCUT2D eigenvalue weighted by Gasteiger charge is 2.34. The molecule has 1 aliphatic rings. The minimum atomic E-state index is -4.51. The van der Waals surface area contributed by atoms with Crippen LogP contribution in [0.3, 0.4) is 0 Å². The van der Waals surface area contributed by atoms with Crippen LogP contribution in [0.25, 0.3) is 0 Å². The molecule has 0 saturated heterocycles. The number of alkyl halides is 5. The third-order valence-electron chi connectivity index (χ3n) is 4.20. The van der Waals surface area contributed by atoms with Crippen molar-refractivity contribution in [3.63, 3.8) is 0 Å². The lowest BCUT2D eigenvalue weighted by Crippen LogP contribution is -2.18. The zero-order chi connectivity index (χ0) is 22.1. The Morgan fingerprint density at radius 3 is 2.53 bits per heavy atom. The number of esters is 1. The fraction of sp³-hybridized carbons (Fsp3) is 0.389. The van der Waals surface area contributed by atoms with Gasteiger partial charge < -0.3 is 14.8 Å². The van der Waals surface area contributed by atoms with E-state index in [9.17, 15) is 31.5 Å². The molecule has 1 saturated carbocycles. The van der Waals surface area contributed by atoms with Gasteiger partial charge in [0.15, 0.2) is 0 Å². The molecule has 1 N–H and O–H groups in total. The van der Waals surface area contributed by atoms with Gasteiger partial charge in [-0.05, 0) is 25.0 Å². The van der Waals surface area contributed by atoms with E-state index in [1.807, 2.05) is 0 Å². The van der Waals surface area contributed by atoms with Crippen molar-refractivity contribution in [2.75, 3.05) is 12.4 Å². The summed E-state index contributed by atoms with van der Waals surface area (Å²) < 4.78 is 72.7. The predicted molar refractivity (Wildman–Crippen MR) is 92.6 cm³/mol. The first-order valence-corrected chi connectivity index (χ1v) is 8.70. The second kappa shape index (κ2) is 8.28. The number of benzene rings is 1. The molecule has 0 atom stereocenters.